The Morgan fingerprint density at radius 2 is 1.28 bits per heavy atom. The molecule has 0 saturated carbocycles. The quantitative estimate of drug-likeness (QED) is 0.214. The first-order valence-electron chi connectivity index (χ1n) is 15.0. The summed E-state index contributed by atoms with van der Waals surface area (Å²) in [6.45, 7) is 7.83. The number of esters is 4. The smallest absolute Gasteiger partial charge is 0.345 e. The molecule has 3 aliphatic rings. The lowest BCUT2D eigenvalue weighted by Gasteiger charge is -2.51. The van der Waals surface area contributed by atoms with Crippen LogP contribution in [0, 0.1) is 5.92 Å². The Hall–Kier alpha value is -3.36. The molecule has 0 N–H and O–H groups in total. The molecule has 1 spiro atoms. The number of thioether (sulfide) groups is 3. The monoisotopic (exact) mass is 705 g/mol. The van der Waals surface area contributed by atoms with E-state index in [9.17, 15) is 24.0 Å². The molecule has 47 heavy (non-hydrogen) atoms. The van der Waals surface area contributed by atoms with Crippen molar-refractivity contribution in [3.05, 3.63) is 49.0 Å². The van der Waals surface area contributed by atoms with Gasteiger partial charge in [-0.2, -0.15) is 0 Å². The number of anilines is 1. The molecule has 0 unspecified atom stereocenters. The molecule has 0 aliphatic carbocycles. The van der Waals surface area contributed by atoms with Crippen molar-refractivity contribution in [3.8, 4) is 5.75 Å². The second-order valence-electron chi connectivity index (χ2n) is 11.3. The molecule has 3 aliphatic heterocycles. The van der Waals surface area contributed by atoms with Gasteiger partial charge in [0.25, 0.3) is 0 Å². The Balaban J connectivity index is 2.16. The maximum atomic E-state index is 14.6. The minimum atomic E-state index is -1.66. The highest BCUT2D eigenvalue weighted by Crippen LogP contribution is 2.71. The molecule has 1 amide bonds. The van der Waals surface area contributed by atoms with Crippen molar-refractivity contribution in [2.45, 2.75) is 63.0 Å². The molecule has 11 nitrogen and oxygen atoms in total. The molecule has 14 heteroatoms. The number of nitrogens with zero attached hydrogens (tertiary/aromatic N) is 1. The molecule has 0 atom stereocenters. The van der Waals surface area contributed by atoms with Gasteiger partial charge in [0.2, 0.25) is 5.91 Å². The summed E-state index contributed by atoms with van der Waals surface area (Å²) >= 11 is 2.77. The van der Waals surface area contributed by atoms with Crippen LogP contribution in [0.2, 0.25) is 0 Å². The summed E-state index contributed by atoms with van der Waals surface area (Å²) in [5.41, 5.74) is 0.343. The van der Waals surface area contributed by atoms with E-state index in [0.717, 1.165) is 48.1 Å². The average Bonchev–Trinajstić information content (AvgIpc) is 3.46. The number of fused-ring (bicyclic) bond motifs is 3. The van der Waals surface area contributed by atoms with Gasteiger partial charge in [-0.05, 0) is 44.9 Å². The molecule has 0 bridgehead atoms. The van der Waals surface area contributed by atoms with Crippen molar-refractivity contribution in [3.63, 3.8) is 0 Å². The minimum absolute atomic E-state index is 0.0796. The summed E-state index contributed by atoms with van der Waals surface area (Å²) < 4.78 is 24.5. The molecular formula is C33H39NO10S3. The van der Waals surface area contributed by atoms with E-state index in [1.807, 2.05) is 27.7 Å². The summed E-state index contributed by atoms with van der Waals surface area (Å²) in [6, 6.07) is 5.30. The first-order valence-corrected chi connectivity index (χ1v) is 17.4. The first kappa shape index (κ1) is 36.5. The number of rotatable bonds is 10. The van der Waals surface area contributed by atoms with E-state index in [2.05, 4.69) is 0 Å². The highest BCUT2D eigenvalue weighted by Gasteiger charge is 2.62. The van der Waals surface area contributed by atoms with Crippen LogP contribution in [0.25, 0.3) is 5.57 Å². The van der Waals surface area contributed by atoms with Crippen molar-refractivity contribution in [1.82, 2.24) is 0 Å². The van der Waals surface area contributed by atoms with E-state index in [4.69, 9.17) is 23.7 Å². The lowest BCUT2D eigenvalue weighted by Crippen LogP contribution is -2.55. The second kappa shape index (κ2) is 14.4. The zero-order valence-corrected chi connectivity index (χ0v) is 30.3. The first-order chi connectivity index (χ1) is 22.3. The largest absolute Gasteiger partial charge is 0.497 e. The van der Waals surface area contributed by atoms with Gasteiger partial charge in [-0.25, -0.2) is 19.2 Å². The second-order valence-corrected chi connectivity index (χ2v) is 15.1. The molecule has 3 heterocycles. The fourth-order valence-electron chi connectivity index (χ4n) is 6.09. The molecule has 0 saturated heterocycles. The summed E-state index contributed by atoms with van der Waals surface area (Å²) in [7, 11) is 6.23. The van der Waals surface area contributed by atoms with Crippen LogP contribution >= 0.6 is 35.3 Å². The predicted octanol–water partition coefficient (Wildman–Crippen LogP) is 5.83. The fraction of sp³-hybridized carbons (Fsp3) is 0.485. The number of methoxy groups -OCH3 is 5. The van der Waals surface area contributed by atoms with Crippen LogP contribution in [0.15, 0.2) is 43.4 Å². The van der Waals surface area contributed by atoms with E-state index >= 15 is 0 Å². The topological polar surface area (TPSA) is 135 Å². The van der Waals surface area contributed by atoms with Crippen molar-refractivity contribution < 1.29 is 47.7 Å². The van der Waals surface area contributed by atoms with Crippen LogP contribution in [0.3, 0.4) is 0 Å². The van der Waals surface area contributed by atoms with E-state index in [1.54, 1.807) is 23.1 Å². The standard InChI is InChI=1S/C33H39NO10S3/c1-10-12-17(13-11-2)27(35)34-20-15-14-18(40-5)16-19(20)21-26(32(34,3)4)45-23(29(37)42-7)22(28(36)41-6)33(21)46-24(30(38)43-8)25(47-33)31(39)44-9/h14-17H,10-13H2,1-9H3. The van der Waals surface area contributed by atoms with E-state index in [0.29, 0.717) is 40.3 Å². The van der Waals surface area contributed by atoms with Gasteiger partial charge in [0.1, 0.15) is 24.5 Å². The van der Waals surface area contributed by atoms with Gasteiger partial charge >= 0.3 is 23.9 Å². The average molecular weight is 706 g/mol. The fourth-order valence-corrected chi connectivity index (χ4v) is 11.1. The Morgan fingerprint density at radius 3 is 1.74 bits per heavy atom. The molecule has 1 aromatic carbocycles. The van der Waals surface area contributed by atoms with E-state index in [1.165, 1.54) is 35.5 Å². The lowest BCUT2D eigenvalue weighted by atomic mass is 9.82. The minimum Gasteiger partial charge on any atom is -0.497 e. The van der Waals surface area contributed by atoms with Crippen molar-refractivity contribution in [2.75, 3.05) is 40.4 Å². The van der Waals surface area contributed by atoms with Crippen LogP contribution in [0.5, 0.6) is 5.75 Å². The van der Waals surface area contributed by atoms with Crippen LogP contribution in [-0.4, -0.2) is 75.0 Å². The maximum Gasteiger partial charge on any atom is 0.345 e. The zero-order chi connectivity index (χ0) is 34.8. The van der Waals surface area contributed by atoms with E-state index in [-0.39, 0.29) is 32.1 Å². The third-order valence-corrected chi connectivity index (χ3v) is 12.8. The van der Waals surface area contributed by atoms with Crippen molar-refractivity contribution in [2.24, 2.45) is 5.92 Å². The Labute approximate surface area is 287 Å². The van der Waals surface area contributed by atoms with Gasteiger partial charge < -0.3 is 28.6 Å². The van der Waals surface area contributed by atoms with Gasteiger partial charge in [0.05, 0.1) is 52.3 Å². The molecule has 254 valence electrons. The molecule has 1 aromatic rings. The molecular weight excluding hydrogens is 667 g/mol. The third-order valence-electron chi connectivity index (χ3n) is 8.19. The predicted molar refractivity (Wildman–Crippen MR) is 182 cm³/mol. The van der Waals surface area contributed by atoms with Gasteiger partial charge in [-0.3, -0.25) is 4.79 Å². The van der Waals surface area contributed by atoms with Crippen LogP contribution < -0.4 is 9.64 Å². The number of carbonyl (C=O) groups excluding carboxylic acids is 5. The Kier molecular flexibility index (Phi) is 11.2. The number of ether oxygens (including phenoxy) is 5. The number of carbonyl (C=O) groups is 5. The lowest BCUT2D eigenvalue weighted by molar-refractivity contribution is -0.138. The van der Waals surface area contributed by atoms with E-state index < -0.39 is 33.5 Å². The molecule has 0 radical (unpaired) electrons. The normalized spacial score (nSPS) is 17.8. The number of benzene rings is 1. The van der Waals surface area contributed by atoms with Gasteiger partial charge in [-0.1, -0.05) is 62.0 Å². The molecule has 0 fully saturated rings. The Bertz CT molecular complexity index is 1570. The maximum absolute atomic E-state index is 14.6. The van der Waals surface area contributed by atoms with Crippen molar-refractivity contribution in [1.29, 1.82) is 0 Å². The molecule has 0 aromatic heterocycles. The molecule has 4 rings (SSSR count). The highest BCUT2D eigenvalue weighted by atomic mass is 32.2. The number of hydrogen-bond acceptors (Lipinski definition) is 13. The number of amides is 1. The van der Waals surface area contributed by atoms with Gasteiger partial charge in [0, 0.05) is 22.0 Å². The summed E-state index contributed by atoms with van der Waals surface area (Å²) in [5, 5.41) is 0. The SMILES string of the molecule is CCCC(CCC)C(=O)N1c2ccc(OC)cc2C2=C(SC(C(=O)OC)=C(C(=O)OC)C23SC(C(=O)OC)=C(C(=O)OC)S3)C1(C)C. The highest BCUT2D eigenvalue weighted by molar-refractivity contribution is 8.26. The van der Waals surface area contributed by atoms with Crippen molar-refractivity contribution >= 4 is 76.3 Å². The summed E-state index contributed by atoms with van der Waals surface area (Å²) in [4.78, 5) is 70.4. The van der Waals surface area contributed by atoms with Crippen LogP contribution in [-0.2, 0) is 42.9 Å². The van der Waals surface area contributed by atoms with Crippen LogP contribution in [0.4, 0.5) is 5.69 Å². The zero-order valence-electron chi connectivity index (χ0n) is 27.9. The van der Waals surface area contributed by atoms with Gasteiger partial charge in [-0.15, -0.1) is 0 Å². The van der Waals surface area contributed by atoms with Crippen LogP contribution in [0.1, 0.15) is 58.9 Å². The third kappa shape index (κ3) is 6.08. The Morgan fingerprint density at radius 1 is 0.766 bits per heavy atom. The van der Waals surface area contributed by atoms with Gasteiger partial charge in [0.15, 0.2) is 0 Å². The summed E-state index contributed by atoms with van der Waals surface area (Å²) in [5.74, 6) is -3.23. The summed E-state index contributed by atoms with van der Waals surface area (Å²) in [6.07, 6.45) is 3.01. The number of hydrogen-bond donors (Lipinski definition) is 0.